The Morgan fingerprint density at radius 2 is 2.29 bits per heavy atom. The predicted octanol–water partition coefficient (Wildman–Crippen LogP) is 1.25. The first-order valence-electron chi connectivity index (χ1n) is 2.41. The van der Waals surface area contributed by atoms with Crippen LogP contribution in [0.15, 0.2) is 0 Å². The lowest BCUT2D eigenvalue weighted by molar-refractivity contribution is 0.490. The minimum Gasteiger partial charge on any atom is -0.346 e. The first kappa shape index (κ1) is 7.19. The zero-order valence-corrected chi connectivity index (χ0v) is 5.64. The third-order valence-corrected chi connectivity index (χ3v) is 2.29. The SMILES string of the molecule is CCC(C)[PH](=O)O. The second kappa shape index (κ2) is 3.23. The minimum atomic E-state index is -2.21. The van der Waals surface area contributed by atoms with Crippen LogP contribution in [0.25, 0.3) is 0 Å². The normalized spacial score (nSPS) is 18.7. The number of hydrogen-bond acceptors (Lipinski definition) is 1. The highest BCUT2D eigenvalue weighted by Crippen LogP contribution is 2.23. The maximum Gasteiger partial charge on any atom is 0.191 e. The molecule has 7 heavy (non-hydrogen) atoms. The molecule has 0 rings (SSSR count). The molecule has 2 atom stereocenters. The molecule has 0 aromatic carbocycles. The van der Waals surface area contributed by atoms with Crippen LogP contribution >= 0.6 is 8.03 Å². The van der Waals surface area contributed by atoms with E-state index in [1.54, 1.807) is 6.92 Å². The molecule has 2 unspecified atom stereocenters. The van der Waals surface area contributed by atoms with Crippen molar-refractivity contribution >= 4 is 8.03 Å². The van der Waals surface area contributed by atoms with Crippen LogP contribution in [0.2, 0.25) is 0 Å². The molecule has 0 fully saturated rings. The second-order valence-electron chi connectivity index (χ2n) is 1.65. The zero-order chi connectivity index (χ0) is 5.86. The molecule has 0 saturated carbocycles. The van der Waals surface area contributed by atoms with E-state index in [2.05, 4.69) is 0 Å². The van der Waals surface area contributed by atoms with Crippen LogP contribution < -0.4 is 0 Å². The van der Waals surface area contributed by atoms with E-state index in [-0.39, 0.29) is 5.66 Å². The highest BCUT2D eigenvalue weighted by atomic mass is 31.1. The summed E-state index contributed by atoms with van der Waals surface area (Å²) >= 11 is 0. The van der Waals surface area contributed by atoms with E-state index >= 15 is 0 Å². The average Bonchev–Trinajstić information content (AvgIpc) is 1.65. The molecule has 0 bridgehead atoms. The molecule has 0 heterocycles. The largest absolute Gasteiger partial charge is 0.346 e. The van der Waals surface area contributed by atoms with Crippen LogP contribution in [-0.2, 0) is 4.57 Å². The smallest absolute Gasteiger partial charge is 0.191 e. The topological polar surface area (TPSA) is 37.3 Å². The van der Waals surface area contributed by atoms with E-state index in [0.717, 1.165) is 6.42 Å². The van der Waals surface area contributed by atoms with Crippen LogP contribution in [0.1, 0.15) is 20.3 Å². The van der Waals surface area contributed by atoms with Gasteiger partial charge in [0.2, 0.25) is 0 Å². The third kappa shape index (κ3) is 2.84. The molecular weight excluding hydrogens is 111 g/mol. The first-order chi connectivity index (χ1) is 3.18. The van der Waals surface area contributed by atoms with E-state index in [1.165, 1.54) is 0 Å². The van der Waals surface area contributed by atoms with E-state index in [4.69, 9.17) is 4.89 Å². The fraction of sp³-hybridized carbons (Fsp3) is 1.00. The van der Waals surface area contributed by atoms with Gasteiger partial charge in [0.15, 0.2) is 8.03 Å². The van der Waals surface area contributed by atoms with Gasteiger partial charge in [-0.2, -0.15) is 0 Å². The van der Waals surface area contributed by atoms with Crippen molar-refractivity contribution in [3.05, 3.63) is 0 Å². The van der Waals surface area contributed by atoms with Crippen molar-refractivity contribution in [1.29, 1.82) is 0 Å². The summed E-state index contributed by atoms with van der Waals surface area (Å²) in [6.45, 7) is 3.69. The summed E-state index contributed by atoms with van der Waals surface area (Å²) in [4.78, 5) is 8.37. The molecule has 3 heteroatoms. The highest BCUT2D eigenvalue weighted by Gasteiger charge is 2.01. The van der Waals surface area contributed by atoms with Crippen molar-refractivity contribution in [3.8, 4) is 0 Å². The fourth-order valence-corrected chi connectivity index (χ4v) is 0.524. The lowest BCUT2D eigenvalue weighted by Gasteiger charge is -1.98. The monoisotopic (exact) mass is 122 g/mol. The van der Waals surface area contributed by atoms with Crippen LogP contribution in [0.4, 0.5) is 0 Å². The van der Waals surface area contributed by atoms with Crippen LogP contribution in [-0.4, -0.2) is 10.6 Å². The summed E-state index contributed by atoms with van der Waals surface area (Å²) in [7, 11) is -2.21. The van der Waals surface area contributed by atoms with Gasteiger partial charge >= 0.3 is 0 Å². The Morgan fingerprint density at radius 3 is 2.29 bits per heavy atom. The molecule has 0 amide bonds. The lowest BCUT2D eigenvalue weighted by atomic mass is 10.4. The molecule has 0 aliphatic rings. The van der Waals surface area contributed by atoms with Crippen LogP contribution in [0.3, 0.4) is 0 Å². The Hall–Kier alpha value is 0.190. The van der Waals surface area contributed by atoms with Gasteiger partial charge in [0.25, 0.3) is 0 Å². The Kier molecular flexibility index (Phi) is 3.31. The molecule has 0 aromatic rings. The van der Waals surface area contributed by atoms with Crippen molar-refractivity contribution in [3.63, 3.8) is 0 Å². The second-order valence-corrected chi connectivity index (χ2v) is 3.31. The van der Waals surface area contributed by atoms with Gasteiger partial charge in [0.05, 0.1) is 0 Å². The summed E-state index contributed by atoms with van der Waals surface area (Å²) in [6.07, 6.45) is 0.800. The molecule has 0 saturated heterocycles. The Morgan fingerprint density at radius 1 is 1.86 bits per heavy atom. The summed E-state index contributed by atoms with van der Waals surface area (Å²) in [6, 6.07) is 0. The third-order valence-electron chi connectivity index (χ3n) is 1.03. The molecule has 0 aromatic heterocycles. The summed E-state index contributed by atoms with van der Waals surface area (Å²) in [5.41, 5.74) is 0.00463. The first-order valence-corrected chi connectivity index (χ1v) is 3.84. The maximum absolute atomic E-state index is 10.1. The van der Waals surface area contributed by atoms with Crippen molar-refractivity contribution in [1.82, 2.24) is 0 Å². The molecule has 0 aliphatic carbocycles. The van der Waals surface area contributed by atoms with Crippen molar-refractivity contribution in [2.75, 3.05) is 0 Å². The molecule has 0 aliphatic heterocycles. The van der Waals surface area contributed by atoms with Crippen molar-refractivity contribution in [2.45, 2.75) is 25.9 Å². The molecule has 0 radical (unpaired) electrons. The highest BCUT2D eigenvalue weighted by molar-refractivity contribution is 7.38. The minimum absolute atomic E-state index is 0.00463. The van der Waals surface area contributed by atoms with Gasteiger partial charge < -0.3 is 4.89 Å². The predicted molar refractivity (Wildman–Crippen MR) is 31.0 cm³/mol. The lowest BCUT2D eigenvalue weighted by Crippen LogP contribution is -1.89. The van der Waals surface area contributed by atoms with Crippen LogP contribution in [0.5, 0.6) is 0 Å². The molecule has 44 valence electrons. The van der Waals surface area contributed by atoms with Crippen molar-refractivity contribution < 1.29 is 9.46 Å². The standard InChI is InChI=1S/C4H11O2P/c1-3-4(2)7(5)6/h4,7H,3H2,1-2H3,(H,5,6). The molecule has 1 N–H and O–H groups in total. The summed E-state index contributed by atoms with van der Waals surface area (Å²) in [5.74, 6) is 0. The van der Waals surface area contributed by atoms with E-state index < -0.39 is 8.03 Å². The van der Waals surface area contributed by atoms with E-state index in [9.17, 15) is 4.57 Å². The Labute approximate surface area is 44.4 Å². The van der Waals surface area contributed by atoms with Crippen LogP contribution in [0, 0.1) is 0 Å². The number of rotatable bonds is 2. The summed E-state index contributed by atoms with van der Waals surface area (Å²) in [5, 5.41) is 0. The van der Waals surface area contributed by atoms with E-state index in [0.29, 0.717) is 0 Å². The Bertz CT molecular complexity index is 72.1. The molecule has 0 spiro atoms. The zero-order valence-electron chi connectivity index (χ0n) is 4.64. The van der Waals surface area contributed by atoms with E-state index in [1.807, 2.05) is 6.92 Å². The average molecular weight is 122 g/mol. The van der Waals surface area contributed by atoms with Crippen molar-refractivity contribution in [2.24, 2.45) is 0 Å². The quantitative estimate of drug-likeness (QED) is 0.559. The van der Waals surface area contributed by atoms with Gasteiger partial charge in [-0.3, -0.25) is 4.57 Å². The van der Waals surface area contributed by atoms with Gasteiger partial charge in [0, 0.05) is 5.66 Å². The van der Waals surface area contributed by atoms with Gasteiger partial charge in [-0.1, -0.05) is 13.8 Å². The fourth-order valence-electron chi connectivity index (χ4n) is 0.175. The summed E-state index contributed by atoms with van der Waals surface area (Å²) < 4.78 is 10.1. The van der Waals surface area contributed by atoms with Gasteiger partial charge in [0.1, 0.15) is 0 Å². The molecule has 2 nitrogen and oxygen atoms in total. The maximum atomic E-state index is 10.1. The number of hydrogen-bond donors (Lipinski definition) is 1. The Balaban J connectivity index is 3.34. The van der Waals surface area contributed by atoms with Gasteiger partial charge in [-0.15, -0.1) is 0 Å². The molecular formula is C4H11O2P. The van der Waals surface area contributed by atoms with Gasteiger partial charge in [-0.25, -0.2) is 0 Å². The van der Waals surface area contributed by atoms with Gasteiger partial charge in [-0.05, 0) is 6.42 Å².